The molecular weight excluding hydrogens is 360 g/mol. The quantitative estimate of drug-likeness (QED) is 0.594. The third-order valence-electron chi connectivity index (χ3n) is 4.71. The van der Waals surface area contributed by atoms with E-state index in [0.29, 0.717) is 13.2 Å². The fraction of sp³-hybridized carbons (Fsp3) is 0.320. The van der Waals surface area contributed by atoms with Gasteiger partial charge in [0, 0.05) is 12.2 Å². The summed E-state index contributed by atoms with van der Waals surface area (Å²) in [4.78, 5) is 4.28. The van der Waals surface area contributed by atoms with Gasteiger partial charge in [0.25, 0.3) is 0 Å². The van der Waals surface area contributed by atoms with Gasteiger partial charge in [0.2, 0.25) is 0 Å². The molecule has 0 unspecified atom stereocenters. The largest absolute Gasteiger partial charge is 0.490 e. The molecule has 2 aromatic carbocycles. The van der Waals surface area contributed by atoms with Gasteiger partial charge in [-0.15, -0.1) is 0 Å². The van der Waals surface area contributed by atoms with Crippen LogP contribution in [0.5, 0.6) is 11.5 Å². The molecule has 1 heterocycles. The van der Waals surface area contributed by atoms with E-state index in [1.165, 1.54) is 0 Å². The summed E-state index contributed by atoms with van der Waals surface area (Å²) in [7, 11) is 0. The van der Waals surface area contributed by atoms with Crippen LogP contribution in [0.3, 0.4) is 0 Å². The smallest absolute Gasteiger partial charge is 0.137 e. The maximum Gasteiger partial charge on any atom is 0.137 e. The maximum atomic E-state index is 6.27. The summed E-state index contributed by atoms with van der Waals surface area (Å²) in [5.41, 5.74) is 9.78. The standard InChI is InChI=1S/C25H30N2O2/c1-25(2,3)21-14-24(16-27-15-21)29-18-22(26)13-19-9-11-23(12-10-19)28-17-20-7-5-4-6-8-20/h4-12,14-16,22H,13,17-18,26H2,1-3H3/t22-/m0/s1. The summed E-state index contributed by atoms with van der Waals surface area (Å²) in [6, 6.07) is 20.2. The van der Waals surface area contributed by atoms with Gasteiger partial charge >= 0.3 is 0 Å². The number of benzene rings is 2. The van der Waals surface area contributed by atoms with E-state index < -0.39 is 0 Å². The normalized spacial score (nSPS) is 12.4. The molecule has 3 aromatic rings. The van der Waals surface area contributed by atoms with E-state index >= 15 is 0 Å². The van der Waals surface area contributed by atoms with Crippen LogP contribution in [0.2, 0.25) is 0 Å². The van der Waals surface area contributed by atoms with Crippen molar-refractivity contribution in [2.24, 2.45) is 5.73 Å². The van der Waals surface area contributed by atoms with Gasteiger partial charge in [-0.05, 0) is 46.7 Å². The van der Waals surface area contributed by atoms with Crippen molar-refractivity contribution in [2.75, 3.05) is 6.61 Å². The third kappa shape index (κ3) is 6.61. The molecule has 152 valence electrons. The number of hydrogen-bond donors (Lipinski definition) is 1. The lowest BCUT2D eigenvalue weighted by Gasteiger charge is -2.19. The number of hydrogen-bond acceptors (Lipinski definition) is 4. The predicted molar refractivity (Wildman–Crippen MR) is 117 cm³/mol. The number of nitrogens with two attached hydrogens (primary N) is 1. The minimum atomic E-state index is -0.0932. The summed E-state index contributed by atoms with van der Waals surface area (Å²) < 4.78 is 11.7. The number of nitrogens with zero attached hydrogens (tertiary/aromatic N) is 1. The van der Waals surface area contributed by atoms with Gasteiger partial charge in [-0.1, -0.05) is 63.2 Å². The highest BCUT2D eigenvalue weighted by molar-refractivity contribution is 5.29. The molecule has 0 aliphatic rings. The molecule has 1 atom stereocenters. The highest BCUT2D eigenvalue weighted by atomic mass is 16.5. The van der Waals surface area contributed by atoms with Gasteiger partial charge in [0.15, 0.2) is 0 Å². The van der Waals surface area contributed by atoms with Gasteiger partial charge in [0.05, 0.1) is 6.20 Å². The van der Waals surface area contributed by atoms with E-state index in [-0.39, 0.29) is 11.5 Å². The van der Waals surface area contributed by atoms with E-state index in [0.717, 1.165) is 34.6 Å². The van der Waals surface area contributed by atoms with Crippen LogP contribution < -0.4 is 15.2 Å². The number of ether oxygens (including phenoxy) is 2. The SMILES string of the molecule is CC(C)(C)c1cncc(OC[C@@H](N)Cc2ccc(OCc3ccccc3)cc2)c1. The fourth-order valence-corrected chi connectivity index (χ4v) is 2.94. The van der Waals surface area contributed by atoms with E-state index in [9.17, 15) is 0 Å². The molecule has 1 aromatic heterocycles. The topological polar surface area (TPSA) is 57.4 Å². The third-order valence-corrected chi connectivity index (χ3v) is 4.71. The van der Waals surface area contributed by atoms with Crippen molar-refractivity contribution in [1.82, 2.24) is 4.98 Å². The van der Waals surface area contributed by atoms with Crippen molar-refractivity contribution in [2.45, 2.75) is 45.3 Å². The molecule has 4 nitrogen and oxygen atoms in total. The Morgan fingerprint density at radius 2 is 1.59 bits per heavy atom. The first-order valence-electron chi connectivity index (χ1n) is 10.00. The van der Waals surface area contributed by atoms with Crippen LogP contribution in [0.15, 0.2) is 73.1 Å². The molecule has 0 aliphatic heterocycles. The fourth-order valence-electron chi connectivity index (χ4n) is 2.94. The van der Waals surface area contributed by atoms with Crippen LogP contribution in [0.4, 0.5) is 0 Å². The molecule has 3 rings (SSSR count). The summed E-state index contributed by atoms with van der Waals surface area (Å²) in [5.74, 6) is 1.62. The minimum absolute atomic E-state index is 0.0405. The van der Waals surface area contributed by atoms with Crippen molar-refractivity contribution in [1.29, 1.82) is 0 Å². The molecule has 0 aliphatic carbocycles. The average molecular weight is 391 g/mol. The van der Waals surface area contributed by atoms with Crippen LogP contribution >= 0.6 is 0 Å². The highest BCUT2D eigenvalue weighted by Crippen LogP contribution is 2.24. The minimum Gasteiger partial charge on any atom is -0.490 e. The Morgan fingerprint density at radius 3 is 2.28 bits per heavy atom. The molecule has 0 saturated heterocycles. The predicted octanol–water partition coefficient (Wildman–Crippen LogP) is 4.91. The van der Waals surface area contributed by atoms with Crippen molar-refractivity contribution in [3.05, 3.63) is 89.7 Å². The molecule has 29 heavy (non-hydrogen) atoms. The first-order valence-corrected chi connectivity index (χ1v) is 10.00. The average Bonchev–Trinajstić information content (AvgIpc) is 2.72. The van der Waals surface area contributed by atoms with Crippen LogP contribution in [-0.2, 0) is 18.4 Å². The Hall–Kier alpha value is -2.85. The molecule has 0 radical (unpaired) electrons. The second-order valence-electron chi connectivity index (χ2n) is 8.35. The first kappa shape index (κ1) is 20.9. The lowest BCUT2D eigenvalue weighted by molar-refractivity contribution is 0.285. The summed E-state index contributed by atoms with van der Waals surface area (Å²) in [5, 5.41) is 0. The van der Waals surface area contributed by atoms with E-state index in [2.05, 4.69) is 50.0 Å². The Bertz CT molecular complexity index is 887. The van der Waals surface area contributed by atoms with Crippen molar-refractivity contribution >= 4 is 0 Å². The van der Waals surface area contributed by atoms with E-state index in [1.807, 2.05) is 42.6 Å². The zero-order valence-electron chi connectivity index (χ0n) is 17.5. The Labute approximate surface area is 173 Å². The second-order valence-corrected chi connectivity index (χ2v) is 8.35. The Morgan fingerprint density at radius 1 is 0.862 bits per heavy atom. The number of rotatable bonds is 8. The molecule has 0 amide bonds. The van der Waals surface area contributed by atoms with E-state index in [4.69, 9.17) is 15.2 Å². The van der Waals surface area contributed by atoms with Crippen molar-refractivity contribution in [3.63, 3.8) is 0 Å². The maximum absolute atomic E-state index is 6.27. The second kappa shape index (κ2) is 9.57. The zero-order valence-corrected chi connectivity index (χ0v) is 17.5. The lowest BCUT2D eigenvalue weighted by atomic mass is 9.88. The molecule has 0 spiro atoms. The van der Waals surface area contributed by atoms with Gasteiger partial charge in [-0.25, -0.2) is 0 Å². The summed E-state index contributed by atoms with van der Waals surface area (Å²) in [6.45, 7) is 7.49. The monoisotopic (exact) mass is 390 g/mol. The van der Waals surface area contributed by atoms with Gasteiger partial charge in [0.1, 0.15) is 24.7 Å². The molecule has 4 heteroatoms. The van der Waals surface area contributed by atoms with Gasteiger partial charge in [-0.3, -0.25) is 4.98 Å². The molecule has 0 bridgehead atoms. The Balaban J connectivity index is 1.47. The molecular formula is C25H30N2O2. The van der Waals surface area contributed by atoms with Crippen LogP contribution in [0, 0.1) is 0 Å². The number of pyridine rings is 1. The van der Waals surface area contributed by atoms with Gasteiger partial charge in [-0.2, -0.15) is 0 Å². The molecule has 0 saturated carbocycles. The molecule has 2 N–H and O–H groups in total. The van der Waals surface area contributed by atoms with E-state index in [1.54, 1.807) is 6.20 Å². The van der Waals surface area contributed by atoms with Crippen LogP contribution in [0.25, 0.3) is 0 Å². The Kier molecular flexibility index (Phi) is 6.89. The van der Waals surface area contributed by atoms with Crippen LogP contribution in [0.1, 0.15) is 37.5 Å². The highest BCUT2D eigenvalue weighted by Gasteiger charge is 2.15. The zero-order chi connectivity index (χ0) is 20.7. The van der Waals surface area contributed by atoms with Crippen LogP contribution in [-0.4, -0.2) is 17.6 Å². The lowest BCUT2D eigenvalue weighted by Crippen LogP contribution is -2.30. The van der Waals surface area contributed by atoms with Crippen molar-refractivity contribution < 1.29 is 9.47 Å². The summed E-state index contributed by atoms with van der Waals surface area (Å²) in [6.07, 6.45) is 4.36. The first-order chi connectivity index (χ1) is 13.9. The number of aromatic nitrogens is 1. The summed E-state index contributed by atoms with van der Waals surface area (Å²) >= 11 is 0. The van der Waals surface area contributed by atoms with Crippen molar-refractivity contribution in [3.8, 4) is 11.5 Å². The van der Waals surface area contributed by atoms with Gasteiger partial charge < -0.3 is 15.2 Å². The molecule has 0 fully saturated rings.